The highest BCUT2D eigenvalue weighted by molar-refractivity contribution is 7.93. The minimum atomic E-state index is -3.31. The molecule has 0 radical (unpaired) electrons. The molecule has 2 aromatic carbocycles. The van der Waals surface area contributed by atoms with Gasteiger partial charge >= 0.3 is 0 Å². The third-order valence-corrected chi connectivity index (χ3v) is 7.64. The molecule has 31 heavy (non-hydrogen) atoms. The monoisotopic (exact) mass is 444 g/mol. The first-order valence-corrected chi connectivity index (χ1v) is 12.2. The van der Waals surface area contributed by atoms with Crippen molar-refractivity contribution in [2.45, 2.75) is 31.9 Å². The number of hydrogen-bond acceptors (Lipinski definition) is 5. The minimum Gasteiger partial charge on any atom is -0.496 e. The molecule has 0 N–H and O–H groups in total. The molecule has 1 unspecified atom stereocenters. The van der Waals surface area contributed by atoms with Crippen LogP contribution in [0.25, 0.3) is 0 Å². The van der Waals surface area contributed by atoms with Crippen LogP contribution in [-0.4, -0.2) is 57.9 Å². The number of carbonyl (C=O) groups is 1. The van der Waals surface area contributed by atoms with Crippen LogP contribution < -0.4 is 9.04 Å². The number of benzene rings is 2. The predicted molar refractivity (Wildman–Crippen MR) is 119 cm³/mol. The maximum Gasteiger partial charge on any atom is 0.254 e. The summed E-state index contributed by atoms with van der Waals surface area (Å²) in [7, 11) is -1.69. The fourth-order valence-corrected chi connectivity index (χ4v) is 5.76. The van der Waals surface area contributed by atoms with Crippen molar-refractivity contribution in [2.24, 2.45) is 0 Å². The van der Waals surface area contributed by atoms with Crippen LogP contribution in [-0.2, 0) is 21.3 Å². The van der Waals surface area contributed by atoms with Gasteiger partial charge in [-0.2, -0.15) is 0 Å². The van der Waals surface area contributed by atoms with Gasteiger partial charge in [-0.05, 0) is 43.5 Å². The highest BCUT2D eigenvalue weighted by atomic mass is 32.2. The Morgan fingerprint density at radius 1 is 1.19 bits per heavy atom. The fourth-order valence-electron chi connectivity index (χ4n) is 4.20. The average Bonchev–Trinajstić information content (AvgIpc) is 3.42. The van der Waals surface area contributed by atoms with Gasteiger partial charge in [-0.1, -0.05) is 24.3 Å². The summed E-state index contributed by atoms with van der Waals surface area (Å²) in [4.78, 5) is 15.3. The van der Waals surface area contributed by atoms with Crippen molar-refractivity contribution in [3.8, 4) is 5.75 Å². The molecule has 0 aromatic heterocycles. The first kappa shape index (κ1) is 21.6. The van der Waals surface area contributed by atoms with Crippen molar-refractivity contribution in [1.82, 2.24) is 4.90 Å². The summed E-state index contributed by atoms with van der Waals surface area (Å²) in [6.45, 7) is 2.02. The van der Waals surface area contributed by atoms with Gasteiger partial charge in [-0.15, -0.1) is 0 Å². The van der Waals surface area contributed by atoms with Crippen molar-refractivity contribution in [1.29, 1.82) is 0 Å². The first-order chi connectivity index (χ1) is 15.0. The summed E-state index contributed by atoms with van der Waals surface area (Å²) in [5.74, 6) is 0.716. The Kier molecular flexibility index (Phi) is 6.48. The van der Waals surface area contributed by atoms with Gasteiger partial charge in [0, 0.05) is 37.4 Å². The zero-order valence-corrected chi connectivity index (χ0v) is 18.5. The van der Waals surface area contributed by atoms with Gasteiger partial charge in [0.15, 0.2) is 0 Å². The first-order valence-electron chi connectivity index (χ1n) is 10.6. The van der Waals surface area contributed by atoms with Gasteiger partial charge in [0.25, 0.3) is 5.91 Å². The zero-order valence-electron chi connectivity index (χ0n) is 17.7. The van der Waals surface area contributed by atoms with Gasteiger partial charge in [0.1, 0.15) is 5.75 Å². The molecule has 2 aromatic rings. The van der Waals surface area contributed by atoms with Crippen LogP contribution in [0.3, 0.4) is 0 Å². The summed E-state index contributed by atoms with van der Waals surface area (Å²) >= 11 is 0. The molecule has 0 saturated carbocycles. The number of para-hydroxylation sites is 1. The van der Waals surface area contributed by atoms with Crippen LogP contribution in [0.15, 0.2) is 48.5 Å². The van der Waals surface area contributed by atoms with Crippen molar-refractivity contribution in [3.05, 3.63) is 59.7 Å². The predicted octanol–water partition coefficient (Wildman–Crippen LogP) is 3.06. The molecule has 2 saturated heterocycles. The van der Waals surface area contributed by atoms with Gasteiger partial charge in [-0.25, -0.2) is 8.42 Å². The lowest BCUT2D eigenvalue weighted by Gasteiger charge is -2.27. The average molecular weight is 445 g/mol. The summed E-state index contributed by atoms with van der Waals surface area (Å²) in [5.41, 5.74) is 1.92. The van der Waals surface area contributed by atoms with Crippen LogP contribution in [0.2, 0.25) is 0 Å². The topological polar surface area (TPSA) is 76.2 Å². The lowest BCUT2D eigenvalue weighted by atomic mass is 10.1. The Morgan fingerprint density at radius 2 is 2.03 bits per heavy atom. The van der Waals surface area contributed by atoms with Gasteiger partial charge < -0.3 is 14.4 Å². The molecule has 0 spiro atoms. The number of amides is 1. The standard InChI is InChI=1S/C23H28N2O5S/c1-29-22-11-3-2-7-19(22)16-24(17-21-10-5-13-30-21)23(26)18-8-4-9-20(15-18)25-12-6-14-31(25,27)28/h2-4,7-9,11,15,21H,5-6,10,12-14,16-17H2,1H3. The fraction of sp³-hybridized carbons (Fsp3) is 0.435. The van der Waals surface area contributed by atoms with Crippen molar-refractivity contribution >= 4 is 21.6 Å². The lowest BCUT2D eigenvalue weighted by molar-refractivity contribution is 0.0505. The van der Waals surface area contributed by atoms with E-state index in [0.29, 0.717) is 43.9 Å². The van der Waals surface area contributed by atoms with E-state index in [1.807, 2.05) is 24.3 Å². The molecule has 0 aliphatic carbocycles. The number of nitrogens with zero attached hydrogens (tertiary/aromatic N) is 2. The van der Waals surface area contributed by atoms with E-state index in [9.17, 15) is 13.2 Å². The van der Waals surface area contributed by atoms with Crippen LogP contribution in [0, 0.1) is 0 Å². The van der Waals surface area contributed by atoms with E-state index in [1.165, 1.54) is 4.31 Å². The smallest absolute Gasteiger partial charge is 0.254 e. The molecule has 1 atom stereocenters. The Morgan fingerprint density at radius 3 is 2.74 bits per heavy atom. The van der Waals surface area contributed by atoms with E-state index >= 15 is 0 Å². The largest absolute Gasteiger partial charge is 0.496 e. The number of hydrogen-bond donors (Lipinski definition) is 0. The number of methoxy groups -OCH3 is 1. The maximum atomic E-state index is 13.5. The second kappa shape index (κ2) is 9.28. The molecule has 2 aliphatic rings. The number of carbonyl (C=O) groups excluding carboxylic acids is 1. The molecular weight excluding hydrogens is 416 g/mol. The molecule has 1 amide bonds. The van der Waals surface area contributed by atoms with E-state index < -0.39 is 10.0 Å². The van der Waals surface area contributed by atoms with Crippen LogP contribution in [0.4, 0.5) is 5.69 Å². The van der Waals surface area contributed by atoms with Crippen molar-refractivity contribution in [2.75, 3.05) is 36.9 Å². The van der Waals surface area contributed by atoms with E-state index in [4.69, 9.17) is 9.47 Å². The van der Waals surface area contributed by atoms with Crippen LogP contribution in [0.1, 0.15) is 35.2 Å². The minimum absolute atomic E-state index is 0.000740. The van der Waals surface area contributed by atoms with Crippen LogP contribution in [0.5, 0.6) is 5.75 Å². The summed E-state index contributed by atoms with van der Waals surface area (Å²) in [5, 5.41) is 0. The molecular formula is C23H28N2O5S. The SMILES string of the molecule is COc1ccccc1CN(CC1CCCO1)C(=O)c1cccc(N2CCCS2(=O)=O)c1. The Hall–Kier alpha value is -2.58. The molecule has 0 bridgehead atoms. The second-order valence-electron chi connectivity index (χ2n) is 7.92. The molecule has 8 heteroatoms. The highest BCUT2D eigenvalue weighted by Crippen LogP contribution is 2.27. The van der Waals surface area contributed by atoms with E-state index in [0.717, 1.165) is 24.2 Å². The van der Waals surface area contributed by atoms with E-state index in [-0.39, 0.29) is 17.8 Å². The van der Waals surface area contributed by atoms with Crippen molar-refractivity contribution in [3.63, 3.8) is 0 Å². The van der Waals surface area contributed by atoms with Gasteiger partial charge in [-0.3, -0.25) is 9.10 Å². The molecule has 2 fully saturated rings. The number of anilines is 1. The van der Waals surface area contributed by atoms with Crippen molar-refractivity contribution < 1.29 is 22.7 Å². The van der Waals surface area contributed by atoms with E-state index in [1.54, 1.807) is 36.3 Å². The Balaban J connectivity index is 1.61. The third kappa shape index (κ3) is 4.85. The number of sulfonamides is 1. The molecule has 7 nitrogen and oxygen atoms in total. The quantitative estimate of drug-likeness (QED) is 0.656. The normalized spacial score (nSPS) is 20.0. The molecule has 4 rings (SSSR count). The number of rotatable bonds is 7. The van der Waals surface area contributed by atoms with Gasteiger partial charge in [0.05, 0.1) is 24.7 Å². The lowest BCUT2D eigenvalue weighted by Crippen LogP contribution is -2.37. The molecule has 2 heterocycles. The Bertz CT molecular complexity index is 1030. The zero-order chi connectivity index (χ0) is 21.8. The highest BCUT2D eigenvalue weighted by Gasteiger charge is 2.30. The summed E-state index contributed by atoms with van der Waals surface area (Å²) < 4.78 is 37.3. The van der Waals surface area contributed by atoms with Gasteiger partial charge in [0.2, 0.25) is 10.0 Å². The molecule has 2 aliphatic heterocycles. The number of ether oxygens (including phenoxy) is 2. The van der Waals surface area contributed by atoms with E-state index in [2.05, 4.69) is 0 Å². The molecule has 166 valence electrons. The maximum absolute atomic E-state index is 13.5. The summed E-state index contributed by atoms with van der Waals surface area (Å²) in [6.07, 6.45) is 2.51. The van der Waals surface area contributed by atoms with Crippen LogP contribution >= 0.6 is 0 Å². The Labute approximate surface area is 183 Å². The summed E-state index contributed by atoms with van der Waals surface area (Å²) in [6, 6.07) is 14.5. The second-order valence-corrected chi connectivity index (χ2v) is 9.94. The third-order valence-electron chi connectivity index (χ3n) is 5.77.